The van der Waals surface area contributed by atoms with E-state index in [0.717, 1.165) is 11.3 Å². The summed E-state index contributed by atoms with van der Waals surface area (Å²) in [5, 5.41) is 0. The van der Waals surface area contributed by atoms with Crippen molar-refractivity contribution in [1.29, 1.82) is 0 Å². The monoisotopic (exact) mass is 324 g/mol. The number of hydrogen-bond donors (Lipinski definition) is 0. The number of ether oxygens (including phenoxy) is 1. The zero-order chi connectivity index (χ0) is 14.0. The average Bonchev–Trinajstić information content (AvgIpc) is 2.85. The Labute approximate surface area is 120 Å². The molecule has 0 aliphatic carbocycles. The maximum atomic E-state index is 12.3. The summed E-state index contributed by atoms with van der Waals surface area (Å²) in [7, 11) is -2.21. The van der Waals surface area contributed by atoms with E-state index in [1.807, 2.05) is 0 Å². The van der Waals surface area contributed by atoms with Crippen LogP contribution in [0.25, 0.3) is 0 Å². The zero-order valence-corrected chi connectivity index (χ0v) is 12.6. The summed E-state index contributed by atoms with van der Waals surface area (Å²) in [6.07, 6.45) is 2.20. The van der Waals surface area contributed by atoms with Crippen LogP contribution in [0.2, 0.25) is 4.47 Å². The highest BCUT2D eigenvalue weighted by Gasteiger charge is 2.33. The number of hydrogen-bond acceptors (Lipinski definition) is 6. The molecule has 2 rings (SSSR count). The molecule has 0 amide bonds. The fourth-order valence-corrected chi connectivity index (χ4v) is 4.90. The molecule has 1 saturated heterocycles. The van der Waals surface area contributed by atoms with Gasteiger partial charge in [-0.15, -0.1) is 0 Å². The number of sulfonamides is 1. The van der Waals surface area contributed by atoms with Crippen molar-refractivity contribution in [3.05, 3.63) is 10.7 Å². The van der Waals surface area contributed by atoms with E-state index in [0.29, 0.717) is 25.9 Å². The van der Waals surface area contributed by atoms with Gasteiger partial charge in [0.15, 0.2) is 8.68 Å². The minimum atomic E-state index is -3.54. The van der Waals surface area contributed by atoms with Gasteiger partial charge in [0, 0.05) is 13.1 Å². The maximum absolute atomic E-state index is 12.3. The first-order chi connectivity index (χ1) is 8.95. The van der Waals surface area contributed by atoms with Gasteiger partial charge in [0.2, 0.25) is 0 Å². The van der Waals surface area contributed by atoms with E-state index in [9.17, 15) is 13.2 Å². The number of piperidine rings is 1. The summed E-state index contributed by atoms with van der Waals surface area (Å²) in [4.78, 5) is 15.1. The fraction of sp³-hybridized carbons (Fsp3) is 0.600. The highest BCUT2D eigenvalue weighted by atomic mass is 35.5. The molecule has 1 fully saturated rings. The number of thiazole rings is 1. The fourth-order valence-electron chi connectivity index (χ4n) is 1.98. The Bertz CT molecular complexity index is 564. The molecule has 19 heavy (non-hydrogen) atoms. The first kappa shape index (κ1) is 14.7. The normalized spacial score (nSPS) is 18.4. The lowest BCUT2D eigenvalue weighted by Gasteiger charge is -2.29. The van der Waals surface area contributed by atoms with E-state index in [-0.39, 0.29) is 20.6 Å². The smallest absolute Gasteiger partial charge is 0.308 e. The molecule has 1 aromatic rings. The van der Waals surface area contributed by atoms with Gasteiger partial charge in [-0.25, -0.2) is 13.4 Å². The van der Waals surface area contributed by atoms with Gasteiger partial charge in [0.05, 0.1) is 19.2 Å². The number of methoxy groups -OCH3 is 1. The Hall–Kier alpha value is -0.700. The van der Waals surface area contributed by atoms with Crippen molar-refractivity contribution in [2.45, 2.75) is 17.1 Å². The summed E-state index contributed by atoms with van der Waals surface area (Å²) in [5.41, 5.74) is 0. The molecule has 0 atom stereocenters. The number of aromatic nitrogens is 1. The largest absolute Gasteiger partial charge is 0.469 e. The van der Waals surface area contributed by atoms with E-state index < -0.39 is 10.0 Å². The topological polar surface area (TPSA) is 76.6 Å². The molecule has 0 radical (unpaired) electrons. The number of carbonyl (C=O) groups excluding carboxylic acids is 1. The predicted octanol–water partition coefficient (Wildman–Crippen LogP) is 1.37. The molecule has 2 heterocycles. The summed E-state index contributed by atoms with van der Waals surface area (Å²) < 4.78 is 30.9. The van der Waals surface area contributed by atoms with Gasteiger partial charge in [-0.1, -0.05) is 22.9 Å². The standard InChI is InChI=1S/C10H13ClN2O4S2/c1-17-9(14)7-2-4-13(5-3-7)19(15,16)8-6-12-10(11)18-8/h6-7H,2-5H2,1H3. The van der Waals surface area contributed by atoms with Crippen LogP contribution in [-0.2, 0) is 19.6 Å². The van der Waals surface area contributed by atoms with E-state index in [4.69, 9.17) is 11.6 Å². The van der Waals surface area contributed by atoms with Crippen molar-refractivity contribution in [2.75, 3.05) is 20.2 Å². The summed E-state index contributed by atoms with van der Waals surface area (Å²) in [6.45, 7) is 0.606. The molecule has 106 valence electrons. The van der Waals surface area contributed by atoms with Crippen LogP contribution in [0.5, 0.6) is 0 Å². The van der Waals surface area contributed by atoms with Crippen LogP contribution in [0, 0.1) is 5.92 Å². The number of carbonyl (C=O) groups is 1. The second kappa shape index (κ2) is 5.74. The Kier molecular flexibility index (Phi) is 4.44. The Balaban J connectivity index is 2.07. The number of nitrogens with zero attached hydrogens (tertiary/aromatic N) is 2. The second-order valence-corrected chi connectivity index (χ2v) is 7.91. The molecule has 9 heteroatoms. The van der Waals surface area contributed by atoms with Crippen molar-refractivity contribution in [3.8, 4) is 0 Å². The molecular weight excluding hydrogens is 312 g/mol. The first-order valence-electron chi connectivity index (χ1n) is 5.64. The highest BCUT2D eigenvalue weighted by Crippen LogP contribution is 2.28. The lowest BCUT2D eigenvalue weighted by atomic mass is 9.99. The Morgan fingerprint density at radius 2 is 2.16 bits per heavy atom. The van der Waals surface area contributed by atoms with Crippen LogP contribution in [0.4, 0.5) is 0 Å². The number of esters is 1. The quantitative estimate of drug-likeness (QED) is 0.785. The molecule has 0 unspecified atom stereocenters. The van der Waals surface area contributed by atoms with Crippen molar-refractivity contribution in [2.24, 2.45) is 5.92 Å². The molecule has 0 spiro atoms. The third-order valence-corrected chi connectivity index (χ3v) is 6.49. The summed E-state index contributed by atoms with van der Waals surface area (Å²) in [5.74, 6) is -0.501. The summed E-state index contributed by atoms with van der Waals surface area (Å²) >= 11 is 6.59. The van der Waals surface area contributed by atoms with Gasteiger partial charge in [-0.05, 0) is 12.8 Å². The van der Waals surface area contributed by atoms with E-state index >= 15 is 0 Å². The zero-order valence-electron chi connectivity index (χ0n) is 10.2. The van der Waals surface area contributed by atoms with Gasteiger partial charge in [-0.3, -0.25) is 4.79 Å². The van der Waals surface area contributed by atoms with Crippen molar-refractivity contribution in [3.63, 3.8) is 0 Å². The molecule has 1 aromatic heterocycles. The van der Waals surface area contributed by atoms with E-state index in [1.165, 1.54) is 17.6 Å². The second-order valence-electron chi connectivity index (χ2n) is 4.13. The van der Waals surface area contributed by atoms with E-state index in [1.54, 1.807) is 0 Å². The molecule has 1 aliphatic heterocycles. The highest BCUT2D eigenvalue weighted by molar-refractivity contribution is 7.91. The predicted molar refractivity (Wildman–Crippen MR) is 70.6 cm³/mol. The van der Waals surface area contributed by atoms with Gasteiger partial charge in [-0.2, -0.15) is 4.31 Å². The minimum absolute atomic E-state index is 0.133. The van der Waals surface area contributed by atoms with Crippen LogP contribution in [-0.4, -0.2) is 43.9 Å². The molecular formula is C10H13ClN2O4S2. The summed E-state index contributed by atoms with van der Waals surface area (Å²) in [6, 6.07) is 0. The van der Waals surface area contributed by atoms with Gasteiger partial charge < -0.3 is 4.74 Å². The molecule has 0 saturated carbocycles. The number of halogens is 1. The van der Waals surface area contributed by atoms with Crippen LogP contribution in [0.3, 0.4) is 0 Å². The maximum Gasteiger partial charge on any atom is 0.308 e. The third-order valence-electron chi connectivity index (χ3n) is 3.04. The SMILES string of the molecule is COC(=O)C1CCN(S(=O)(=O)c2cnc(Cl)s2)CC1. The molecule has 0 N–H and O–H groups in total. The van der Waals surface area contributed by atoms with Crippen LogP contribution in [0.1, 0.15) is 12.8 Å². The molecule has 0 aromatic carbocycles. The minimum Gasteiger partial charge on any atom is -0.469 e. The molecule has 0 bridgehead atoms. The molecule has 6 nitrogen and oxygen atoms in total. The average molecular weight is 325 g/mol. The van der Waals surface area contributed by atoms with Crippen molar-refractivity contribution >= 4 is 38.9 Å². The van der Waals surface area contributed by atoms with Crippen molar-refractivity contribution in [1.82, 2.24) is 9.29 Å². The van der Waals surface area contributed by atoms with Gasteiger partial charge in [0.25, 0.3) is 10.0 Å². The number of rotatable bonds is 3. The van der Waals surface area contributed by atoms with Crippen LogP contribution >= 0.6 is 22.9 Å². The lowest BCUT2D eigenvalue weighted by molar-refractivity contribution is -0.146. The van der Waals surface area contributed by atoms with Crippen LogP contribution < -0.4 is 0 Å². The molecule has 1 aliphatic rings. The first-order valence-corrected chi connectivity index (χ1v) is 8.28. The van der Waals surface area contributed by atoms with Crippen LogP contribution in [0.15, 0.2) is 10.4 Å². The van der Waals surface area contributed by atoms with Crippen molar-refractivity contribution < 1.29 is 17.9 Å². The van der Waals surface area contributed by atoms with Gasteiger partial charge in [0.1, 0.15) is 0 Å². The Morgan fingerprint density at radius 1 is 1.53 bits per heavy atom. The lowest BCUT2D eigenvalue weighted by Crippen LogP contribution is -2.40. The third kappa shape index (κ3) is 3.07. The van der Waals surface area contributed by atoms with Gasteiger partial charge >= 0.3 is 5.97 Å². The van der Waals surface area contributed by atoms with E-state index in [2.05, 4.69) is 9.72 Å². The Morgan fingerprint density at radius 3 is 2.63 bits per heavy atom.